The Hall–Kier alpha value is -1.99. The molecule has 8 heteroatoms. The van der Waals surface area contributed by atoms with Gasteiger partial charge in [-0.05, 0) is 19.3 Å². The molecule has 0 bridgehead atoms. The van der Waals surface area contributed by atoms with E-state index in [1.165, 1.54) is 0 Å². The first-order chi connectivity index (χ1) is 7.43. The Bertz CT molecular complexity index is 267. The van der Waals surface area contributed by atoms with E-state index >= 15 is 0 Å². The van der Waals surface area contributed by atoms with Gasteiger partial charge in [0.2, 0.25) is 0 Å². The molecule has 0 aromatic heterocycles. The zero-order valence-electron chi connectivity index (χ0n) is 8.47. The van der Waals surface area contributed by atoms with Crippen LogP contribution in [0.3, 0.4) is 0 Å². The topological polar surface area (TPSA) is 136 Å². The third-order valence-corrected chi connectivity index (χ3v) is 1.79. The molecule has 92 valence electrons. The largest absolute Gasteiger partial charge is 0.480 e. The van der Waals surface area contributed by atoms with Crippen molar-refractivity contribution in [2.75, 3.05) is 6.54 Å². The number of hydrogen-bond donors (Lipinski definition) is 5. The predicted molar refractivity (Wildman–Crippen MR) is 52.5 cm³/mol. The zero-order valence-corrected chi connectivity index (χ0v) is 8.47. The number of rotatable bonds is 7. The molecule has 16 heavy (non-hydrogen) atoms. The Morgan fingerprint density at radius 3 is 2.06 bits per heavy atom. The number of nitrogens with one attached hydrogen (secondary N) is 2. The standard InChI is InChI=1S/C8H14N2O6/c11-6(12)5(10-8(15)16)3-1-2-4-9-7(13)14/h5,9-10H,1-4H2,(H,11,12)(H,13,14)(H,15,16). The Labute approximate surface area is 91.3 Å². The lowest BCUT2D eigenvalue weighted by Gasteiger charge is -2.11. The fourth-order valence-corrected chi connectivity index (χ4v) is 1.08. The Morgan fingerprint density at radius 1 is 1.00 bits per heavy atom. The fraction of sp³-hybridized carbons (Fsp3) is 0.625. The van der Waals surface area contributed by atoms with Crippen LogP contribution < -0.4 is 10.6 Å². The van der Waals surface area contributed by atoms with E-state index in [0.717, 1.165) is 0 Å². The molecule has 1 unspecified atom stereocenters. The third-order valence-electron chi connectivity index (χ3n) is 1.79. The molecule has 0 radical (unpaired) electrons. The van der Waals surface area contributed by atoms with Crippen molar-refractivity contribution in [2.45, 2.75) is 25.3 Å². The number of aliphatic carboxylic acids is 1. The highest BCUT2D eigenvalue weighted by molar-refractivity contribution is 5.79. The summed E-state index contributed by atoms with van der Waals surface area (Å²) in [6, 6.07) is -1.15. The van der Waals surface area contributed by atoms with Crippen molar-refractivity contribution in [1.29, 1.82) is 0 Å². The Balaban J connectivity index is 3.72. The number of unbranched alkanes of at least 4 members (excludes halogenated alkanes) is 1. The smallest absolute Gasteiger partial charge is 0.405 e. The third kappa shape index (κ3) is 7.42. The van der Waals surface area contributed by atoms with Gasteiger partial charge in [0, 0.05) is 6.54 Å². The van der Waals surface area contributed by atoms with E-state index < -0.39 is 24.2 Å². The lowest BCUT2D eigenvalue weighted by molar-refractivity contribution is -0.139. The van der Waals surface area contributed by atoms with Gasteiger partial charge < -0.3 is 26.0 Å². The molecule has 0 fully saturated rings. The number of amides is 2. The van der Waals surface area contributed by atoms with Crippen molar-refractivity contribution < 1.29 is 29.7 Å². The summed E-state index contributed by atoms with van der Waals surface area (Å²) in [6.45, 7) is 0.217. The molecule has 0 aliphatic rings. The van der Waals surface area contributed by atoms with Crippen LogP contribution in [0, 0.1) is 0 Å². The summed E-state index contributed by atoms with van der Waals surface area (Å²) < 4.78 is 0. The molecule has 1 atom stereocenters. The number of carboxylic acids is 1. The van der Waals surface area contributed by atoms with Crippen molar-refractivity contribution in [3.8, 4) is 0 Å². The molecule has 0 saturated heterocycles. The van der Waals surface area contributed by atoms with Crippen LogP contribution >= 0.6 is 0 Å². The molecule has 0 heterocycles. The minimum absolute atomic E-state index is 0.128. The molecule has 0 spiro atoms. The molecule has 0 aliphatic carbocycles. The van der Waals surface area contributed by atoms with E-state index in [9.17, 15) is 14.4 Å². The second-order valence-electron chi connectivity index (χ2n) is 3.07. The van der Waals surface area contributed by atoms with Crippen LogP contribution in [0.25, 0.3) is 0 Å². The summed E-state index contributed by atoms with van der Waals surface area (Å²) >= 11 is 0. The summed E-state index contributed by atoms with van der Waals surface area (Å²) in [5, 5.41) is 29.2. The van der Waals surface area contributed by atoms with Gasteiger partial charge in [0.05, 0.1) is 0 Å². The molecule has 8 nitrogen and oxygen atoms in total. The van der Waals surface area contributed by atoms with Crippen LogP contribution in [0.5, 0.6) is 0 Å². The van der Waals surface area contributed by atoms with Gasteiger partial charge >= 0.3 is 18.2 Å². The first kappa shape index (κ1) is 14.0. The molecule has 0 saturated carbocycles. The average Bonchev–Trinajstić information content (AvgIpc) is 2.14. The van der Waals surface area contributed by atoms with E-state index in [1.807, 2.05) is 5.32 Å². The molecule has 2 amide bonds. The van der Waals surface area contributed by atoms with Crippen molar-refractivity contribution in [2.24, 2.45) is 0 Å². The molecule has 0 aliphatic heterocycles. The summed E-state index contributed by atoms with van der Waals surface area (Å²) in [4.78, 5) is 30.9. The van der Waals surface area contributed by atoms with Gasteiger partial charge in [-0.25, -0.2) is 14.4 Å². The van der Waals surface area contributed by atoms with Gasteiger partial charge in [-0.15, -0.1) is 0 Å². The van der Waals surface area contributed by atoms with E-state index in [0.29, 0.717) is 12.8 Å². The van der Waals surface area contributed by atoms with E-state index in [2.05, 4.69) is 5.32 Å². The lowest BCUT2D eigenvalue weighted by atomic mass is 10.1. The van der Waals surface area contributed by atoms with E-state index in [4.69, 9.17) is 15.3 Å². The lowest BCUT2D eigenvalue weighted by Crippen LogP contribution is -2.39. The fourth-order valence-electron chi connectivity index (χ4n) is 1.08. The number of carboxylic acid groups (broad SMARTS) is 3. The van der Waals surface area contributed by atoms with Crippen LogP contribution in [-0.4, -0.2) is 46.1 Å². The van der Waals surface area contributed by atoms with Gasteiger partial charge in [-0.2, -0.15) is 0 Å². The molecular weight excluding hydrogens is 220 g/mol. The SMILES string of the molecule is O=C(O)NCCCCC(NC(=O)O)C(=O)O. The van der Waals surface area contributed by atoms with Crippen molar-refractivity contribution in [1.82, 2.24) is 10.6 Å². The normalized spacial score (nSPS) is 11.5. The predicted octanol–water partition coefficient (Wildman–Crippen LogP) is 0.145. The number of hydrogen-bond acceptors (Lipinski definition) is 3. The quantitative estimate of drug-likeness (QED) is 0.397. The minimum atomic E-state index is -1.39. The summed E-state index contributed by atoms with van der Waals surface area (Å²) in [5.74, 6) is -1.24. The molecule has 0 rings (SSSR count). The van der Waals surface area contributed by atoms with Gasteiger partial charge in [-0.1, -0.05) is 0 Å². The van der Waals surface area contributed by atoms with Crippen LogP contribution in [-0.2, 0) is 4.79 Å². The van der Waals surface area contributed by atoms with Crippen molar-refractivity contribution >= 4 is 18.2 Å². The van der Waals surface area contributed by atoms with Crippen LogP contribution in [0.2, 0.25) is 0 Å². The van der Waals surface area contributed by atoms with Gasteiger partial charge in [0.15, 0.2) is 0 Å². The first-order valence-electron chi connectivity index (χ1n) is 4.62. The first-order valence-corrected chi connectivity index (χ1v) is 4.62. The Kier molecular flexibility index (Phi) is 6.41. The van der Waals surface area contributed by atoms with E-state index in [-0.39, 0.29) is 13.0 Å². The zero-order chi connectivity index (χ0) is 12.6. The summed E-state index contributed by atoms with van der Waals surface area (Å²) in [7, 11) is 0. The number of carbonyl (C=O) groups is 3. The van der Waals surface area contributed by atoms with Crippen molar-refractivity contribution in [3.63, 3.8) is 0 Å². The minimum Gasteiger partial charge on any atom is -0.480 e. The highest BCUT2D eigenvalue weighted by Gasteiger charge is 2.18. The second kappa shape index (κ2) is 7.32. The Morgan fingerprint density at radius 2 is 1.62 bits per heavy atom. The van der Waals surface area contributed by atoms with Crippen LogP contribution in [0.15, 0.2) is 0 Å². The maximum atomic E-state index is 10.6. The monoisotopic (exact) mass is 234 g/mol. The second-order valence-corrected chi connectivity index (χ2v) is 3.07. The molecule has 0 aromatic rings. The highest BCUT2D eigenvalue weighted by atomic mass is 16.4. The molecule has 0 aromatic carbocycles. The van der Waals surface area contributed by atoms with Gasteiger partial charge in [0.1, 0.15) is 6.04 Å². The summed E-state index contributed by atoms with van der Waals surface area (Å²) in [5.41, 5.74) is 0. The maximum Gasteiger partial charge on any atom is 0.405 e. The highest BCUT2D eigenvalue weighted by Crippen LogP contribution is 2.00. The van der Waals surface area contributed by atoms with Crippen LogP contribution in [0.4, 0.5) is 9.59 Å². The van der Waals surface area contributed by atoms with Gasteiger partial charge in [0.25, 0.3) is 0 Å². The molecule has 5 N–H and O–H groups in total. The van der Waals surface area contributed by atoms with Crippen LogP contribution in [0.1, 0.15) is 19.3 Å². The van der Waals surface area contributed by atoms with E-state index in [1.54, 1.807) is 0 Å². The van der Waals surface area contributed by atoms with Crippen molar-refractivity contribution in [3.05, 3.63) is 0 Å². The average molecular weight is 234 g/mol. The van der Waals surface area contributed by atoms with Gasteiger partial charge in [-0.3, -0.25) is 0 Å². The molecular formula is C8H14N2O6. The maximum absolute atomic E-state index is 10.6. The summed E-state index contributed by atoms with van der Waals surface area (Å²) in [6.07, 6.45) is -1.54.